The maximum absolute atomic E-state index is 12.1. The lowest BCUT2D eigenvalue weighted by Gasteiger charge is -2.21. The highest BCUT2D eigenvalue weighted by Crippen LogP contribution is 2.23. The normalized spacial score (nSPS) is 15.7. The van der Waals surface area contributed by atoms with Crippen LogP contribution in [0.3, 0.4) is 0 Å². The fourth-order valence-electron chi connectivity index (χ4n) is 3.14. The van der Waals surface area contributed by atoms with Crippen LogP contribution in [0.4, 0.5) is 5.69 Å². The van der Waals surface area contributed by atoms with E-state index in [4.69, 9.17) is 0 Å². The van der Waals surface area contributed by atoms with Crippen LogP contribution in [0.2, 0.25) is 0 Å². The molecule has 1 fully saturated rings. The number of carbonyl (C=O) groups is 1. The number of fused-ring (bicyclic) bond motifs is 1. The third-order valence-electron chi connectivity index (χ3n) is 4.45. The van der Waals surface area contributed by atoms with Gasteiger partial charge < -0.3 is 5.32 Å². The molecule has 1 amide bonds. The topological polar surface area (TPSA) is 90.1 Å². The molecule has 1 aliphatic rings. The van der Waals surface area contributed by atoms with E-state index in [0.717, 1.165) is 5.39 Å². The second-order valence-electron chi connectivity index (χ2n) is 6.11. The van der Waals surface area contributed by atoms with E-state index < -0.39 is 4.92 Å². The average Bonchev–Trinajstić information content (AvgIpc) is 2.96. The van der Waals surface area contributed by atoms with E-state index >= 15 is 0 Å². The first-order chi connectivity index (χ1) is 11.1. The largest absolute Gasteiger partial charge is 0.354 e. The summed E-state index contributed by atoms with van der Waals surface area (Å²) < 4.78 is 1.51. The molecular weight excluding hydrogens is 296 g/mol. The summed E-state index contributed by atoms with van der Waals surface area (Å²) >= 11 is 0. The minimum absolute atomic E-state index is 0.00173. The van der Waals surface area contributed by atoms with Crippen LogP contribution in [0, 0.1) is 16.0 Å². The molecule has 0 radical (unpaired) electrons. The van der Waals surface area contributed by atoms with E-state index in [1.54, 1.807) is 12.3 Å². The second kappa shape index (κ2) is 6.76. The van der Waals surface area contributed by atoms with E-state index in [9.17, 15) is 14.9 Å². The SMILES string of the molecule is O=C(Cn1ncc2ccc([N+](=O)[O-])cc21)NCC1CCCCC1. The highest BCUT2D eigenvalue weighted by atomic mass is 16.6. The summed E-state index contributed by atoms with van der Waals surface area (Å²) in [5.74, 6) is 0.468. The van der Waals surface area contributed by atoms with Gasteiger partial charge in [-0.25, -0.2) is 0 Å². The van der Waals surface area contributed by atoms with Crippen LogP contribution in [0.1, 0.15) is 32.1 Å². The lowest BCUT2D eigenvalue weighted by molar-refractivity contribution is -0.384. The third-order valence-corrected chi connectivity index (χ3v) is 4.45. The molecule has 7 nitrogen and oxygen atoms in total. The minimum Gasteiger partial charge on any atom is -0.354 e. The zero-order chi connectivity index (χ0) is 16.2. The lowest BCUT2D eigenvalue weighted by Crippen LogP contribution is -2.33. The maximum Gasteiger partial charge on any atom is 0.271 e. The van der Waals surface area contributed by atoms with Crippen LogP contribution in [-0.4, -0.2) is 27.2 Å². The quantitative estimate of drug-likeness (QED) is 0.678. The molecule has 1 N–H and O–H groups in total. The number of nitrogens with zero attached hydrogens (tertiary/aromatic N) is 3. The van der Waals surface area contributed by atoms with E-state index in [0.29, 0.717) is 18.0 Å². The molecule has 1 aromatic carbocycles. The molecule has 1 aromatic heterocycles. The van der Waals surface area contributed by atoms with E-state index in [-0.39, 0.29) is 18.1 Å². The van der Waals surface area contributed by atoms with Crippen molar-refractivity contribution in [2.75, 3.05) is 6.54 Å². The Morgan fingerprint density at radius 3 is 2.87 bits per heavy atom. The summed E-state index contributed by atoms with van der Waals surface area (Å²) in [4.78, 5) is 22.5. The average molecular weight is 316 g/mol. The molecule has 0 unspecified atom stereocenters. The first-order valence-electron chi connectivity index (χ1n) is 8.00. The Labute approximate surface area is 133 Å². The van der Waals surface area contributed by atoms with Gasteiger partial charge in [0.25, 0.3) is 5.69 Å². The fraction of sp³-hybridized carbons (Fsp3) is 0.500. The molecule has 1 aliphatic carbocycles. The predicted octanol–water partition coefficient (Wildman–Crippen LogP) is 2.64. The molecule has 2 aromatic rings. The van der Waals surface area contributed by atoms with Crippen LogP contribution >= 0.6 is 0 Å². The van der Waals surface area contributed by atoms with Crippen LogP contribution in [0.15, 0.2) is 24.4 Å². The van der Waals surface area contributed by atoms with Crippen molar-refractivity contribution in [2.24, 2.45) is 5.92 Å². The molecule has 1 heterocycles. The first kappa shape index (κ1) is 15.5. The van der Waals surface area contributed by atoms with Crippen molar-refractivity contribution < 1.29 is 9.72 Å². The van der Waals surface area contributed by atoms with Gasteiger partial charge in [0.05, 0.1) is 16.6 Å². The number of carbonyl (C=O) groups excluding carboxylic acids is 1. The number of rotatable bonds is 5. The molecule has 3 rings (SSSR count). The number of aromatic nitrogens is 2. The maximum atomic E-state index is 12.1. The molecular formula is C16H20N4O3. The predicted molar refractivity (Wildman–Crippen MR) is 86.0 cm³/mol. The van der Waals surface area contributed by atoms with Crippen molar-refractivity contribution in [3.05, 3.63) is 34.5 Å². The van der Waals surface area contributed by atoms with Gasteiger partial charge in [-0.2, -0.15) is 5.10 Å². The zero-order valence-corrected chi connectivity index (χ0v) is 12.9. The van der Waals surface area contributed by atoms with Gasteiger partial charge >= 0.3 is 0 Å². The summed E-state index contributed by atoms with van der Waals surface area (Å²) in [6.45, 7) is 0.787. The van der Waals surface area contributed by atoms with Crippen molar-refractivity contribution in [1.82, 2.24) is 15.1 Å². The van der Waals surface area contributed by atoms with Crippen LogP contribution in [0.5, 0.6) is 0 Å². The number of amides is 1. The van der Waals surface area contributed by atoms with Crippen LogP contribution in [0.25, 0.3) is 10.9 Å². The fourth-order valence-corrected chi connectivity index (χ4v) is 3.14. The van der Waals surface area contributed by atoms with Gasteiger partial charge in [-0.3, -0.25) is 19.6 Å². The number of benzene rings is 1. The highest BCUT2D eigenvalue weighted by Gasteiger charge is 2.16. The number of non-ortho nitro benzene ring substituents is 1. The number of nitro groups is 1. The van der Waals surface area contributed by atoms with Crippen LogP contribution in [-0.2, 0) is 11.3 Å². The Morgan fingerprint density at radius 2 is 2.13 bits per heavy atom. The van der Waals surface area contributed by atoms with Crippen molar-refractivity contribution in [2.45, 2.75) is 38.6 Å². The van der Waals surface area contributed by atoms with Gasteiger partial charge in [-0.15, -0.1) is 0 Å². The monoisotopic (exact) mass is 316 g/mol. The summed E-state index contributed by atoms with van der Waals surface area (Å²) in [5, 5.41) is 18.8. The Hall–Kier alpha value is -2.44. The Bertz CT molecular complexity index is 719. The van der Waals surface area contributed by atoms with Gasteiger partial charge in [0, 0.05) is 24.1 Å². The molecule has 0 saturated heterocycles. The van der Waals surface area contributed by atoms with Crippen molar-refractivity contribution in [3.63, 3.8) is 0 Å². The Morgan fingerprint density at radius 1 is 1.35 bits per heavy atom. The van der Waals surface area contributed by atoms with Crippen molar-refractivity contribution >= 4 is 22.5 Å². The molecule has 0 atom stereocenters. The lowest BCUT2D eigenvalue weighted by atomic mass is 9.89. The third kappa shape index (κ3) is 3.67. The van der Waals surface area contributed by atoms with Gasteiger partial charge in [0.2, 0.25) is 5.91 Å². The summed E-state index contributed by atoms with van der Waals surface area (Å²) in [5.41, 5.74) is 0.605. The van der Waals surface area contributed by atoms with Crippen LogP contribution < -0.4 is 5.32 Å². The van der Waals surface area contributed by atoms with Crippen molar-refractivity contribution in [1.29, 1.82) is 0 Å². The van der Waals surface area contributed by atoms with Gasteiger partial charge in [-0.1, -0.05) is 19.3 Å². The molecule has 0 bridgehead atoms. The molecule has 23 heavy (non-hydrogen) atoms. The standard InChI is InChI=1S/C16H20N4O3/c21-16(17-9-12-4-2-1-3-5-12)11-19-15-8-14(20(22)23)7-6-13(15)10-18-19/h6-8,10,12H,1-5,9,11H2,(H,17,21). The van der Waals surface area contributed by atoms with Gasteiger partial charge in [-0.05, 0) is 24.8 Å². The molecule has 0 aliphatic heterocycles. The molecule has 122 valence electrons. The number of hydrogen-bond donors (Lipinski definition) is 1. The highest BCUT2D eigenvalue weighted by molar-refractivity contribution is 5.83. The zero-order valence-electron chi connectivity index (χ0n) is 12.9. The second-order valence-corrected chi connectivity index (χ2v) is 6.11. The van der Waals surface area contributed by atoms with Gasteiger partial charge in [0.15, 0.2) is 0 Å². The first-order valence-corrected chi connectivity index (χ1v) is 8.00. The summed E-state index contributed by atoms with van der Waals surface area (Å²) in [6, 6.07) is 4.55. The van der Waals surface area contributed by atoms with E-state index in [2.05, 4.69) is 10.4 Å². The number of nitrogens with one attached hydrogen (secondary N) is 1. The Kier molecular flexibility index (Phi) is 4.55. The molecule has 1 saturated carbocycles. The van der Waals surface area contributed by atoms with E-state index in [1.807, 2.05) is 0 Å². The summed E-state index contributed by atoms with van der Waals surface area (Å²) in [7, 11) is 0. The smallest absolute Gasteiger partial charge is 0.271 e. The minimum atomic E-state index is -0.445. The van der Waals surface area contributed by atoms with Gasteiger partial charge in [0.1, 0.15) is 6.54 Å². The number of hydrogen-bond acceptors (Lipinski definition) is 4. The Balaban J connectivity index is 1.64. The summed E-state index contributed by atoms with van der Waals surface area (Å²) in [6.07, 6.45) is 7.76. The van der Waals surface area contributed by atoms with E-state index in [1.165, 1.54) is 48.9 Å². The number of nitro benzene ring substituents is 1. The van der Waals surface area contributed by atoms with Crippen molar-refractivity contribution in [3.8, 4) is 0 Å². The molecule has 7 heteroatoms. The molecule has 0 spiro atoms.